The molecule has 4 aromatic rings. The number of pyridine rings is 1. The molecule has 13 heteroatoms. The Labute approximate surface area is 241 Å². The van der Waals surface area contributed by atoms with Gasteiger partial charge in [-0.05, 0) is 67.3 Å². The van der Waals surface area contributed by atoms with Crippen molar-refractivity contribution in [3.63, 3.8) is 0 Å². The molecule has 0 radical (unpaired) electrons. The van der Waals surface area contributed by atoms with Crippen LogP contribution in [0, 0.1) is 17.5 Å². The summed E-state index contributed by atoms with van der Waals surface area (Å²) >= 11 is 0. The highest BCUT2D eigenvalue weighted by Crippen LogP contribution is 2.32. The summed E-state index contributed by atoms with van der Waals surface area (Å²) in [7, 11) is 0. The SMILES string of the molecule is CC[C@H](C(=O)N[C@@H](Cc1cc(F)cc(F)c1)c1ncccc1-c1ccc(F)c(C(C)=O)c1)n1nc(C(F)F)cc1C(F)F. The summed E-state index contributed by atoms with van der Waals surface area (Å²) in [4.78, 5) is 29.9. The maximum atomic E-state index is 14.3. The number of carbonyl (C=O) groups excluding carboxylic acids is 2. The Hall–Kier alpha value is -4.55. The van der Waals surface area contributed by atoms with Gasteiger partial charge >= 0.3 is 0 Å². The van der Waals surface area contributed by atoms with Crippen LogP contribution in [0.3, 0.4) is 0 Å². The number of halogens is 7. The van der Waals surface area contributed by atoms with Gasteiger partial charge in [0.05, 0.1) is 17.3 Å². The summed E-state index contributed by atoms with van der Waals surface area (Å²) in [6.45, 7) is 2.65. The molecule has 226 valence electrons. The number of aromatic nitrogens is 3. The van der Waals surface area contributed by atoms with Gasteiger partial charge in [-0.15, -0.1) is 0 Å². The molecule has 0 aliphatic heterocycles. The number of Topliss-reactive ketones (excluding diaryl/α,β-unsaturated/α-hetero) is 1. The molecule has 0 unspecified atom stereocenters. The van der Waals surface area contributed by atoms with Gasteiger partial charge in [-0.1, -0.05) is 19.1 Å². The predicted molar refractivity (Wildman–Crippen MR) is 142 cm³/mol. The van der Waals surface area contributed by atoms with Crippen LogP contribution in [0.2, 0.25) is 0 Å². The predicted octanol–water partition coefficient (Wildman–Crippen LogP) is 7.49. The van der Waals surface area contributed by atoms with Gasteiger partial charge in [-0.3, -0.25) is 19.3 Å². The summed E-state index contributed by atoms with van der Waals surface area (Å²) in [5.74, 6) is -4.00. The fraction of sp³-hybridized carbons (Fsp3) is 0.267. The smallest absolute Gasteiger partial charge is 0.282 e. The van der Waals surface area contributed by atoms with Crippen molar-refractivity contribution in [3.8, 4) is 11.1 Å². The summed E-state index contributed by atoms with van der Waals surface area (Å²) in [5, 5.41) is 6.21. The molecule has 2 heterocycles. The van der Waals surface area contributed by atoms with Crippen LogP contribution < -0.4 is 5.32 Å². The van der Waals surface area contributed by atoms with E-state index in [0.29, 0.717) is 27.9 Å². The van der Waals surface area contributed by atoms with Crippen LogP contribution in [0.1, 0.15) is 78.2 Å². The number of carbonyl (C=O) groups is 2. The molecule has 1 N–H and O–H groups in total. The number of rotatable bonds is 11. The van der Waals surface area contributed by atoms with Gasteiger partial charge in [0.2, 0.25) is 5.91 Å². The second-order valence-corrected chi connectivity index (χ2v) is 9.69. The van der Waals surface area contributed by atoms with Crippen molar-refractivity contribution in [2.45, 2.75) is 51.6 Å². The maximum Gasteiger partial charge on any atom is 0.282 e. The number of hydrogen-bond acceptors (Lipinski definition) is 4. The Morgan fingerprint density at radius 3 is 2.23 bits per heavy atom. The third-order valence-electron chi connectivity index (χ3n) is 6.72. The molecule has 43 heavy (non-hydrogen) atoms. The van der Waals surface area contributed by atoms with Gasteiger partial charge in [0.1, 0.15) is 34.9 Å². The molecule has 0 bridgehead atoms. The monoisotopic (exact) mass is 606 g/mol. The first-order chi connectivity index (χ1) is 20.4. The molecule has 2 atom stereocenters. The molecule has 0 aliphatic rings. The maximum absolute atomic E-state index is 14.3. The number of alkyl halides is 4. The lowest BCUT2D eigenvalue weighted by molar-refractivity contribution is -0.125. The third-order valence-corrected chi connectivity index (χ3v) is 6.72. The van der Waals surface area contributed by atoms with Gasteiger partial charge < -0.3 is 5.32 Å². The molecule has 0 saturated heterocycles. The molecule has 1 amide bonds. The third kappa shape index (κ3) is 7.09. The highest BCUT2D eigenvalue weighted by Gasteiger charge is 2.31. The van der Waals surface area contributed by atoms with Crippen LogP contribution in [0.25, 0.3) is 11.1 Å². The number of nitrogens with one attached hydrogen (secondary N) is 1. The second kappa shape index (κ2) is 13.2. The van der Waals surface area contributed by atoms with Gasteiger partial charge in [-0.2, -0.15) is 5.10 Å². The highest BCUT2D eigenvalue weighted by atomic mass is 19.3. The summed E-state index contributed by atoms with van der Waals surface area (Å²) < 4.78 is 97.1. The van der Waals surface area contributed by atoms with E-state index in [1.807, 2.05) is 0 Å². The van der Waals surface area contributed by atoms with E-state index in [9.17, 15) is 40.3 Å². The summed E-state index contributed by atoms with van der Waals surface area (Å²) in [6, 6.07) is 7.47. The van der Waals surface area contributed by atoms with E-state index in [0.717, 1.165) is 18.2 Å². The molecule has 2 aromatic carbocycles. The fourth-order valence-electron chi connectivity index (χ4n) is 4.77. The van der Waals surface area contributed by atoms with Crippen molar-refractivity contribution < 1.29 is 40.3 Å². The van der Waals surface area contributed by atoms with E-state index in [4.69, 9.17) is 0 Å². The van der Waals surface area contributed by atoms with Gasteiger partial charge in [0, 0.05) is 17.8 Å². The molecule has 0 fully saturated rings. The zero-order valence-electron chi connectivity index (χ0n) is 22.8. The van der Waals surface area contributed by atoms with Crippen LogP contribution in [-0.2, 0) is 11.2 Å². The van der Waals surface area contributed by atoms with Crippen molar-refractivity contribution in [1.29, 1.82) is 0 Å². The molecule has 6 nitrogen and oxygen atoms in total. The highest BCUT2D eigenvalue weighted by molar-refractivity contribution is 5.95. The summed E-state index contributed by atoms with van der Waals surface area (Å²) in [5.41, 5.74) is -1.13. The zero-order valence-corrected chi connectivity index (χ0v) is 22.8. The van der Waals surface area contributed by atoms with Crippen molar-refractivity contribution in [3.05, 3.63) is 106 Å². The number of amides is 1. The Bertz CT molecular complexity index is 1620. The van der Waals surface area contributed by atoms with Crippen molar-refractivity contribution >= 4 is 11.7 Å². The van der Waals surface area contributed by atoms with E-state index in [1.165, 1.54) is 38.2 Å². The zero-order chi connectivity index (χ0) is 31.4. The quantitative estimate of drug-likeness (QED) is 0.142. The lowest BCUT2D eigenvalue weighted by atomic mass is 9.93. The van der Waals surface area contributed by atoms with Crippen LogP contribution in [0.5, 0.6) is 0 Å². The minimum absolute atomic E-state index is 0.100. The van der Waals surface area contributed by atoms with E-state index in [1.54, 1.807) is 6.07 Å². The average molecular weight is 607 g/mol. The largest absolute Gasteiger partial charge is 0.346 e. The van der Waals surface area contributed by atoms with E-state index < -0.39 is 65.5 Å². The van der Waals surface area contributed by atoms with Crippen molar-refractivity contribution in [1.82, 2.24) is 20.1 Å². The van der Waals surface area contributed by atoms with Crippen molar-refractivity contribution in [2.75, 3.05) is 0 Å². The number of hydrogen-bond donors (Lipinski definition) is 1. The molecule has 0 saturated carbocycles. The molecular formula is C30H25F7N4O2. The van der Waals surface area contributed by atoms with E-state index in [2.05, 4.69) is 15.4 Å². The lowest BCUT2D eigenvalue weighted by Gasteiger charge is -2.25. The van der Waals surface area contributed by atoms with Gasteiger partial charge in [0.15, 0.2) is 5.78 Å². The second-order valence-electron chi connectivity index (χ2n) is 9.69. The Balaban J connectivity index is 1.81. The van der Waals surface area contributed by atoms with E-state index in [-0.39, 0.29) is 29.7 Å². The lowest BCUT2D eigenvalue weighted by Crippen LogP contribution is -2.37. The van der Waals surface area contributed by atoms with Crippen molar-refractivity contribution in [2.24, 2.45) is 0 Å². The molecule has 0 spiro atoms. The Morgan fingerprint density at radius 1 is 0.930 bits per heavy atom. The first-order valence-electron chi connectivity index (χ1n) is 13.1. The van der Waals surface area contributed by atoms with Crippen LogP contribution in [0.4, 0.5) is 30.7 Å². The Kier molecular flexibility index (Phi) is 9.62. The molecule has 2 aromatic heterocycles. The topological polar surface area (TPSA) is 76.9 Å². The minimum atomic E-state index is -3.22. The Morgan fingerprint density at radius 2 is 1.63 bits per heavy atom. The average Bonchev–Trinajstić information content (AvgIpc) is 3.39. The standard InChI is InChI=1S/C30H25F7N4O2/c1-3-25(41-26(29(36)37)14-24(40-41)28(34)35)30(43)39-23(11-16-9-18(31)13-19(32)10-16)27-20(5-4-8-38-27)17-6-7-22(33)21(12-17)15(2)42/h4-10,12-14,23,25,28-29H,3,11H2,1-2H3,(H,39,43)/t23-,25+/m0/s1. The summed E-state index contributed by atoms with van der Waals surface area (Å²) in [6.07, 6.45) is -5.39. The van der Waals surface area contributed by atoms with Crippen LogP contribution in [-0.4, -0.2) is 26.5 Å². The first-order valence-corrected chi connectivity index (χ1v) is 13.1. The molecule has 4 rings (SSSR count). The van der Waals surface area contributed by atoms with Crippen LogP contribution in [0.15, 0.2) is 60.8 Å². The fourth-order valence-corrected chi connectivity index (χ4v) is 4.77. The normalized spacial score (nSPS) is 12.9. The van der Waals surface area contributed by atoms with Gasteiger partial charge in [0.25, 0.3) is 12.9 Å². The van der Waals surface area contributed by atoms with Crippen LogP contribution >= 0.6 is 0 Å². The number of ketones is 1. The first kappa shape index (κ1) is 31.4. The van der Waals surface area contributed by atoms with Gasteiger partial charge in [-0.25, -0.2) is 30.7 Å². The minimum Gasteiger partial charge on any atom is -0.346 e. The number of benzene rings is 2. The number of nitrogens with zero attached hydrogens (tertiary/aromatic N) is 3. The van der Waals surface area contributed by atoms with E-state index >= 15 is 0 Å². The molecule has 0 aliphatic carbocycles. The molecular weight excluding hydrogens is 581 g/mol.